The van der Waals surface area contributed by atoms with Gasteiger partial charge in [-0.1, -0.05) is 0 Å². The molecule has 0 aromatic carbocycles. The molecule has 0 atom stereocenters. The van der Waals surface area contributed by atoms with Crippen LogP contribution in [0.3, 0.4) is 0 Å². The first-order valence-electron chi connectivity index (χ1n) is 5.44. The fraction of sp³-hybridized carbons (Fsp3) is 0.727. The molecule has 0 radical (unpaired) electrons. The Balaban J connectivity index is 5.30. The Hall–Kier alpha value is -1.60. The van der Waals surface area contributed by atoms with Gasteiger partial charge in [0.25, 0.3) is 0 Å². The van der Waals surface area contributed by atoms with Crippen molar-refractivity contribution in [2.75, 3.05) is 14.1 Å². The molecule has 0 saturated carbocycles. The van der Waals surface area contributed by atoms with E-state index in [0.717, 1.165) is 0 Å². The number of halogens is 3. The Morgan fingerprint density at radius 2 is 1.58 bits per heavy atom. The van der Waals surface area contributed by atoms with E-state index in [0.29, 0.717) is 0 Å². The zero-order valence-electron chi connectivity index (χ0n) is 11.8. The highest BCUT2D eigenvalue weighted by Gasteiger charge is 2.37. The van der Waals surface area contributed by atoms with Crippen molar-refractivity contribution in [1.29, 1.82) is 0 Å². The third-order valence-corrected chi connectivity index (χ3v) is 1.76. The van der Waals surface area contributed by atoms with E-state index in [2.05, 4.69) is 9.98 Å². The first kappa shape index (κ1) is 17.4. The Morgan fingerprint density at radius 1 is 1.11 bits per heavy atom. The number of amides is 1. The van der Waals surface area contributed by atoms with Crippen LogP contribution in [0, 0.1) is 0 Å². The van der Waals surface area contributed by atoms with Gasteiger partial charge in [0, 0.05) is 14.1 Å². The number of carbonyl (C=O) groups excluding carboxylic acids is 1. The summed E-state index contributed by atoms with van der Waals surface area (Å²) in [5, 5.41) is 0. The number of rotatable bonds is 0. The SMILES string of the molecule is CC(=N/C(=N/C(=O)OC(C)(C)C)C(F)(F)F)N(C)C. The van der Waals surface area contributed by atoms with Gasteiger partial charge in [-0.05, 0) is 27.7 Å². The molecule has 0 heterocycles. The van der Waals surface area contributed by atoms with Crippen LogP contribution in [0.25, 0.3) is 0 Å². The molecule has 0 saturated heterocycles. The monoisotopic (exact) mass is 281 g/mol. The summed E-state index contributed by atoms with van der Waals surface area (Å²) in [6.45, 7) is 5.96. The van der Waals surface area contributed by atoms with Gasteiger partial charge in [-0.15, -0.1) is 0 Å². The van der Waals surface area contributed by atoms with E-state index >= 15 is 0 Å². The van der Waals surface area contributed by atoms with Crippen molar-refractivity contribution in [1.82, 2.24) is 4.90 Å². The summed E-state index contributed by atoms with van der Waals surface area (Å²) in [4.78, 5) is 18.8. The van der Waals surface area contributed by atoms with Crippen LogP contribution in [-0.2, 0) is 4.74 Å². The summed E-state index contributed by atoms with van der Waals surface area (Å²) >= 11 is 0. The van der Waals surface area contributed by atoms with Crippen molar-refractivity contribution in [2.24, 2.45) is 9.98 Å². The Morgan fingerprint density at radius 3 is 1.89 bits per heavy atom. The molecular formula is C11H18F3N3O2. The Kier molecular flexibility index (Phi) is 5.52. The number of aliphatic imine (C=N–C) groups is 2. The molecule has 1 amide bonds. The summed E-state index contributed by atoms with van der Waals surface area (Å²) in [6, 6.07) is 0. The second kappa shape index (κ2) is 6.03. The van der Waals surface area contributed by atoms with Gasteiger partial charge in [0.05, 0.1) is 0 Å². The van der Waals surface area contributed by atoms with Crippen LogP contribution in [0.15, 0.2) is 9.98 Å². The minimum Gasteiger partial charge on any atom is -0.442 e. The fourth-order valence-electron chi connectivity index (χ4n) is 0.776. The average Bonchev–Trinajstić information content (AvgIpc) is 2.11. The number of hydrogen-bond donors (Lipinski definition) is 0. The van der Waals surface area contributed by atoms with Crippen LogP contribution in [0.2, 0.25) is 0 Å². The molecule has 0 fully saturated rings. The van der Waals surface area contributed by atoms with Crippen molar-refractivity contribution >= 4 is 17.8 Å². The van der Waals surface area contributed by atoms with Gasteiger partial charge in [0.15, 0.2) is 0 Å². The second-order valence-electron chi connectivity index (χ2n) is 4.97. The highest BCUT2D eigenvalue weighted by molar-refractivity contribution is 6.02. The first-order chi connectivity index (χ1) is 8.33. The van der Waals surface area contributed by atoms with Gasteiger partial charge < -0.3 is 9.64 Å². The maximum Gasteiger partial charge on any atom is 0.451 e. The summed E-state index contributed by atoms with van der Waals surface area (Å²) in [7, 11) is 3.06. The topological polar surface area (TPSA) is 54.3 Å². The largest absolute Gasteiger partial charge is 0.451 e. The molecule has 19 heavy (non-hydrogen) atoms. The summed E-state index contributed by atoms with van der Waals surface area (Å²) < 4.78 is 42.7. The van der Waals surface area contributed by atoms with Crippen molar-refractivity contribution in [3.8, 4) is 0 Å². The Labute approximate surface area is 110 Å². The molecule has 0 aliphatic rings. The smallest absolute Gasteiger partial charge is 0.442 e. The van der Waals surface area contributed by atoms with Gasteiger partial charge >= 0.3 is 12.3 Å². The van der Waals surface area contributed by atoms with Crippen LogP contribution in [0.4, 0.5) is 18.0 Å². The normalized spacial score (nSPS) is 14.4. The minimum atomic E-state index is -4.83. The maximum absolute atomic E-state index is 12.7. The summed E-state index contributed by atoms with van der Waals surface area (Å²) in [5.74, 6) is -1.47. The van der Waals surface area contributed by atoms with E-state index in [1.165, 1.54) is 46.7 Å². The van der Waals surface area contributed by atoms with Crippen molar-refractivity contribution in [2.45, 2.75) is 39.5 Å². The van der Waals surface area contributed by atoms with Crippen LogP contribution in [0.1, 0.15) is 27.7 Å². The van der Waals surface area contributed by atoms with Crippen LogP contribution in [-0.4, -0.2) is 48.5 Å². The number of hydrogen-bond acceptors (Lipinski definition) is 2. The molecule has 0 aliphatic heterocycles. The first-order valence-corrected chi connectivity index (χ1v) is 5.44. The zero-order valence-corrected chi connectivity index (χ0v) is 11.8. The molecule has 8 heteroatoms. The maximum atomic E-state index is 12.7. The van der Waals surface area contributed by atoms with E-state index in [1.54, 1.807) is 0 Å². The van der Waals surface area contributed by atoms with Crippen LogP contribution in [0.5, 0.6) is 0 Å². The third kappa shape index (κ3) is 7.43. The molecule has 0 aliphatic carbocycles. The second-order valence-corrected chi connectivity index (χ2v) is 4.97. The van der Waals surface area contributed by atoms with Crippen molar-refractivity contribution in [3.05, 3.63) is 0 Å². The predicted octanol–water partition coefficient (Wildman–Crippen LogP) is 2.86. The van der Waals surface area contributed by atoms with E-state index < -0.39 is 23.7 Å². The minimum absolute atomic E-state index is 0.0691. The van der Waals surface area contributed by atoms with E-state index in [1.807, 2.05) is 0 Å². The average molecular weight is 281 g/mol. The van der Waals surface area contributed by atoms with Gasteiger partial charge in [-0.25, -0.2) is 9.79 Å². The number of carbonyl (C=O) groups is 1. The molecule has 0 N–H and O–H groups in total. The van der Waals surface area contributed by atoms with Crippen molar-refractivity contribution < 1.29 is 22.7 Å². The number of nitrogens with zero attached hydrogens (tertiary/aromatic N) is 3. The Bertz CT molecular complexity index is 393. The lowest BCUT2D eigenvalue weighted by molar-refractivity contribution is -0.0601. The van der Waals surface area contributed by atoms with Gasteiger partial charge in [-0.2, -0.15) is 18.2 Å². The lowest BCUT2D eigenvalue weighted by Gasteiger charge is -2.18. The molecule has 0 unspecified atom stereocenters. The summed E-state index contributed by atoms with van der Waals surface area (Å²) in [5.41, 5.74) is -0.919. The lowest BCUT2D eigenvalue weighted by atomic mass is 10.2. The molecule has 5 nitrogen and oxygen atoms in total. The molecule has 0 spiro atoms. The highest BCUT2D eigenvalue weighted by atomic mass is 19.4. The van der Waals surface area contributed by atoms with E-state index in [4.69, 9.17) is 4.74 Å². The zero-order chi connectivity index (χ0) is 15.4. The highest BCUT2D eigenvalue weighted by Crippen LogP contribution is 2.19. The number of ether oxygens (including phenoxy) is 1. The van der Waals surface area contributed by atoms with Crippen molar-refractivity contribution in [3.63, 3.8) is 0 Å². The van der Waals surface area contributed by atoms with Gasteiger partial charge in [-0.3, -0.25) is 0 Å². The summed E-state index contributed by atoms with van der Waals surface area (Å²) in [6.07, 6.45) is -6.15. The standard InChI is InChI=1S/C11H18F3N3O2/c1-7(17(5)6)15-8(11(12,13)14)16-9(18)19-10(2,3)4/h1-6H3/b15-7?,16-8+. The van der Waals surface area contributed by atoms with E-state index in [9.17, 15) is 18.0 Å². The van der Waals surface area contributed by atoms with Gasteiger partial charge in [0.1, 0.15) is 11.4 Å². The van der Waals surface area contributed by atoms with Crippen LogP contribution >= 0.6 is 0 Å². The third-order valence-electron chi connectivity index (χ3n) is 1.76. The number of amidine groups is 2. The molecule has 0 aromatic heterocycles. The van der Waals surface area contributed by atoms with E-state index in [-0.39, 0.29) is 5.84 Å². The fourth-order valence-corrected chi connectivity index (χ4v) is 0.776. The molecule has 0 bridgehead atoms. The lowest BCUT2D eigenvalue weighted by Crippen LogP contribution is -2.29. The molecule has 110 valence electrons. The molecule has 0 aromatic rings. The quantitative estimate of drug-likeness (QED) is 0.507. The van der Waals surface area contributed by atoms with Crippen LogP contribution < -0.4 is 0 Å². The molecule has 0 rings (SSSR count). The predicted molar refractivity (Wildman–Crippen MR) is 66.5 cm³/mol. The number of alkyl halides is 3. The van der Waals surface area contributed by atoms with Gasteiger partial charge in [0.2, 0.25) is 5.84 Å². The molecular weight excluding hydrogens is 263 g/mol.